The molecule has 0 bridgehead atoms. The summed E-state index contributed by atoms with van der Waals surface area (Å²) in [5.74, 6) is 0. The molecule has 19 heavy (non-hydrogen) atoms. The third-order valence-corrected chi connectivity index (χ3v) is 4.02. The smallest absolute Gasteiger partial charge is 0.240 e. The van der Waals surface area contributed by atoms with Crippen LogP contribution < -0.4 is 10.0 Å². The van der Waals surface area contributed by atoms with Crippen LogP contribution in [0, 0.1) is 0 Å². The Kier molecular flexibility index (Phi) is 6.44. The maximum absolute atomic E-state index is 12.1. The SMILES string of the molecule is CCOC(C)CNS(=O)(=O)c1cccc(CNC)c1. The summed E-state index contributed by atoms with van der Waals surface area (Å²) in [7, 11) is -1.65. The fourth-order valence-corrected chi connectivity index (χ4v) is 2.87. The van der Waals surface area contributed by atoms with Gasteiger partial charge in [0, 0.05) is 19.7 Å². The van der Waals surface area contributed by atoms with Crippen LogP contribution in [0.15, 0.2) is 29.2 Å². The van der Waals surface area contributed by atoms with Crippen molar-refractivity contribution in [2.24, 2.45) is 0 Å². The van der Waals surface area contributed by atoms with Gasteiger partial charge in [0.15, 0.2) is 0 Å². The predicted molar refractivity (Wildman–Crippen MR) is 75.5 cm³/mol. The van der Waals surface area contributed by atoms with Crippen LogP contribution in [0.25, 0.3) is 0 Å². The number of ether oxygens (including phenoxy) is 1. The van der Waals surface area contributed by atoms with Crippen molar-refractivity contribution < 1.29 is 13.2 Å². The van der Waals surface area contributed by atoms with Crippen LogP contribution in [0.1, 0.15) is 19.4 Å². The summed E-state index contributed by atoms with van der Waals surface area (Å²) < 4.78 is 32.1. The number of hydrogen-bond donors (Lipinski definition) is 2. The standard InChI is InChI=1S/C13H22N2O3S/c1-4-18-11(2)9-15-19(16,17)13-7-5-6-12(8-13)10-14-3/h5-8,11,14-15H,4,9-10H2,1-3H3. The zero-order chi connectivity index (χ0) is 14.3. The predicted octanol–water partition coefficient (Wildman–Crippen LogP) is 1.11. The van der Waals surface area contributed by atoms with Crippen molar-refractivity contribution in [3.8, 4) is 0 Å². The molecule has 0 aliphatic heterocycles. The molecule has 6 heteroatoms. The van der Waals surface area contributed by atoms with Gasteiger partial charge >= 0.3 is 0 Å². The van der Waals surface area contributed by atoms with Gasteiger partial charge in [-0.15, -0.1) is 0 Å². The minimum atomic E-state index is -3.47. The first kappa shape index (κ1) is 16.1. The van der Waals surface area contributed by atoms with E-state index in [2.05, 4.69) is 10.0 Å². The van der Waals surface area contributed by atoms with Gasteiger partial charge in [-0.2, -0.15) is 0 Å². The van der Waals surface area contributed by atoms with Crippen molar-refractivity contribution in [3.63, 3.8) is 0 Å². The highest BCUT2D eigenvalue weighted by Gasteiger charge is 2.15. The highest BCUT2D eigenvalue weighted by Crippen LogP contribution is 2.11. The molecule has 1 unspecified atom stereocenters. The van der Waals surface area contributed by atoms with Crippen LogP contribution in [0.2, 0.25) is 0 Å². The summed E-state index contributed by atoms with van der Waals surface area (Å²) in [6.07, 6.45) is -0.139. The first-order valence-electron chi connectivity index (χ1n) is 6.34. The van der Waals surface area contributed by atoms with Crippen LogP contribution in [-0.2, 0) is 21.3 Å². The summed E-state index contributed by atoms with van der Waals surface area (Å²) in [5.41, 5.74) is 0.934. The Morgan fingerprint density at radius 3 is 2.74 bits per heavy atom. The minimum Gasteiger partial charge on any atom is -0.377 e. The molecule has 1 aromatic carbocycles. The molecule has 1 atom stereocenters. The highest BCUT2D eigenvalue weighted by molar-refractivity contribution is 7.89. The molecule has 0 spiro atoms. The summed E-state index contributed by atoms with van der Waals surface area (Å²) >= 11 is 0. The maximum Gasteiger partial charge on any atom is 0.240 e. The average Bonchev–Trinajstić information content (AvgIpc) is 2.38. The third kappa shape index (κ3) is 5.28. The van der Waals surface area contributed by atoms with E-state index in [1.807, 2.05) is 27.0 Å². The van der Waals surface area contributed by atoms with Gasteiger partial charge in [-0.05, 0) is 38.6 Å². The Bertz CT molecular complexity index is 488. The van der Waals surface area contributed by atoms with Crippen LogP contribution in [0.5, 0.6) is 0 Å². The molecule has 0 radical (unpaired) electrons. The van der Waals surface area contributed by atoms with E-state index in [-0.39, 0.29) is 17.5 Å². The summed E-state index contributed by atoms with van der Waals surface area (Å²) in [6, 6.07) is 6.89. The molecule has 1 rings (SSSR count). The molecule has 5 nitrogen and oxygen atoms in total. The molecule has 2 N–H and O–H groups in total. The largest absolute Gasteiger partial charge is 0.377 e. The fraction of sp³-hybridized carbons (Fsp3) is 0.538. The second-order valence-corrected chi connectivity index (χ2v) is 6.06. The van der Waals surface area contributed by atoms with E-state index in [9.17, 15) is 8.42 Å². The molecule has 0 heterocycles. The monoisotopic (exact) mass is 286 g/mol. The van der Waals surface area contributed by atoms with E-state index in [0.717, 1.165) is 5.56 Å². The first-order chi connectivity index (χ1) is 8.99. The van der Waals surface area contributed by atoms with Gasteiger partial charge < -0.3 is 10.1 Å². The molecule has 0 aromatic heterocycles. The van der Waals surface area contributed by atoms with Gasteiger partial charge in [0.25, 0.3) is 0 Å². The van der Waals surface area contributed by atoms with Gasteiger partial charge in [-0.3, -0.25) is 0 Å². The lowest BCUT2D eigenvalue weighted by molar-refractivity contribution is 0.0799. The van der Waals surface area contributed by atoms with E-state index in [1.165, 1.54) is 0 Å². The molecule has 0 aliphatic carbocycles. The van der Waals surface area contributed by atoms with Gasteiger partial charge in [0.1, 0.15) is 0 Å². The van der Waals surface area contributed by atoms with E-state index >= 15 is 0 Å². The molecule has 0 amide bonds. The lowest BCUT2D eigenvalue weighted by Crippen LogP contribution is -2.32. The van der Waals surface area contributed by atoms with Gasteiger partial charge in [0.05, 0.1) is 11.0 Å². The van der Waals surface area contributed by atoms with Crippen LogP contribution >= 0.6 is 0 Å². The number of hydrogen-bond acceptors (Lipinski definition) is 4. The zero-order valence-corrected chi connectivity index (χ0v) is 12.5. The van der Waals surface area contributed by atoms with Gasteiger partial charge in [-0.25, -0.2) is 13.1 Å². The van der Waals surface area contributed by atoms with Crippen LogP contribution in [0.4, 0.5) is 0 Å². The van der Waals surface area contributed by atoms with Crippen molar-refractivity contribution in [3.05, 3.63) is 29.8 Å². The molecule has 0 aliphatic rings. The van der Waals surface area contributed by atoms with Crippen molar-refractivity contribution >= 4 is 10.0 Å². The second-order valence-electron chi connectivity index (χ2n) is 4.30. The molecular weight excluding hydrogens is 264 g/mol. The highest BCUT2D eigenvalue weighted by atomic mass is 32.2. The van der Waals surface area contributed by atoms with Crippen molar-refractivity contribution in [2.75, 3.05) is 20.2 Å². The molecule has 0 fully saturated rings. The van der Waals surface area contributed by atoms with E-state index in [4.69, 9.17) is 4.74 Å². The van der Waals surface area contributed by atoms with Crippen molar-refractivity contribution in [1.29, 1.82) is 0 Å². The topological polar surface area (TPSA) is 67.4 Å². The quantitative estimate of drug-likeness (QED) is 0.751. The Balaban J connectivity index is 2.74. The Morgan fingerprint density at radius 1 is 1.37 bits per heavy atom. The summed E-state index contributed by atoms with van der Waals surface area (Å²) in [5, 5.41) is 2.99. The molecular formula is C13H22N2O3S. The van der Waals surface area contributed by atoms with E-state index in [0.29, 0.717) is 13.2 Å². The van der Waals surface area contributed by atoms with Gasteiger partial charge in [-0.1, -0.05) is 12.1 Å². The zero-order valence-electron chi connectivity index (χ0n) is 11.6. The van der Waals surface area contributed by atoms with Gasteiger partial charge in [0.2, 0.25) is 10.0 Å². The summed E-state index contributed by atoms with van der Waals surface area (Å²) in [4.78, 5) is 0.281. The van der Waals surface area contributed by atoms with Crippen LogP contribution in [0.3, 0.4) is 0 Å². The molecule has 1 aromatic rings. The third-order valence-electron chi connectivity index (χ3n) is 2.60. The van der Waals surface area contributed by atoms with Crippen LogP contribution in [-0.4, -0.2) is 34.7 Å². The van der Waals surface area contributed by atoms with Crippen molar-refractivity contribution in [2.45, 2.75) is 31.4 Å². The summed E-state index contributed by atoms with van der Waals surface area (Å²) in [6.45, 7) is 5.20. The van der Waals surface area contributed by atoms with E-state index < -0.39 is 10.0 Å². The molecule has 0 saturated carbocycles. The normalized spacial score (nSPS) is 13.4. The number of nitrogens with one attached hydrogen (secondary N) is 2. The van der Waals surface area contributed by atoms with Crippen molar-refractivity contribution in [1.82, 2.24) is 10.0 Å². The molecule has 0 saturated heterocycles. The number of sulfonamides is 1. The lowest BCUT2D eigenvalue weighted by Gasteiger charge is -2.13. The fourth-order valence-electron chi connectivity index (χ4n) is 1.68. The average molecular weight is 286 g/mol. The number of benzene rings is 1. The molecule has 108 valence electrons. The Labute approximate surface area is 115 Å². The van der Waals surface area contributed by atoms with E-state index in [1.54, 1.807) is 18.2 Å². The Hall–Kier alpha value is -0.950. The lowest BCUT2D eigenvalue weighted by atomic mass is 10.2. The Morgan fingerprint density at radius 2 is 2.11 bits per heavy atom. The number of rotatable bonds is 8. The first-order valence-corrected chi connectivity index (χ1v) is 7.82. The second kappa shape index (κ2) is 7.59. The minimum absolute atomic E-state index is 0.139. The maximum atomic E-state index is 12.1.